The number of sulfonamides is 1. The van der Waals surface area contributed by atoms with Gasteiger partial charge in [0, 0.05) is 38.4 Å². The number of hydrogen-bond donors (Lipinski definition) is 1. The highest BCUT2D eigenvalue weighted by Gasteiger charge is 2.31. The fraction of sp³-hybridized carbons (Fsp3) is 0.421. The molecule has 0 saturated carbocycles. The van der Waals surface area contributed by atoms with E-state index in [9.17, 15) is 18.3 Å². The molecule has 1 aromatic carbocycles. The Balaban J connectivity index is 1.62. The largest absolute Gasteiger partial charge is 0.392 e. The Morgan fingerprint density at radius 3 is 2.38 bits per heavy atom. The third kappa shape index (κ3) is 5.49. The van der Waals surface area contributed by atoms with Crippen LogP contribution in [0.4, 0.5) is 5.69 Å². The van der Waals surface area contributed by atoms with E-state index in [0.29, 0.717) is 24.0 Å². The van der Waals surface area contributed by atoms with Crippen LogP contribution in [0.25, 0.3) is 0 Å². The van der Waals surface area contributed by atoms with E-state index in [2.05, 4.69) is 0 Å². The van der Waals surface area contributed by atoms with E-state index in [1.807, 2.05) is 35.2 Å². The molecule has 1 amide bonds. The van der Waals surface area contributed by atoms with Gasteiger partial charge in [0.25, 0.3) is 10.0 Å². The van der Waals surface area contributed by atoms with Crippen molar-refractivity contribution in [3.05, 3.63) is 46.8 Å². The number of carbonyl (C=O) groups excluding carboxylic acids is 1. The average Bonchev–Trinajstić information content (AvgIpc) is 3.15. The zero-order valence-electron chi connectivity index (χ0n) is 16.1. The third-order valence-corrected chi connectivity index (χ3v) is 8.26. The van der Waals surface area contributed by atoms with Gasteiger partial charge in [0.05, 0.1) is 17.0 Å². The Labute approximate surface area is 180 Å². The molecule has 1 N–H and O–H groups in total. The van der Waals surface area contributed by atoms with E-state index in [1.165, 1.54) is 10.4 Å². The zero-order chi connectivity index (χ0) is 21.0. The number of carbonyl (C=O) groups is 1. The van der Waals surface area contributed by atoms with Gasteiger partial charge in [-0.3, -0.25) is 4.79 Å². The van der Waals surface area contributed by atoms with Gasteiger partial charge in [-0.15, -0.1) is 11.3 Å². The Morgan fingerprint density at radius 1 is 1.17 bits per heavy atom. The van der Waals surface area contributed by atoms with Crippen molar-refractivity contribution in [2.24, 2.45) is 0 Å². The van der Waals surface area contributed by atoms with E-state index in [4.69, 9.17) is 11.6 Å². The Kier molecular flexibility index (Phi) is 7.18. The lowest BCUT2D eigenvalue weighted by Gasteiger charge is -2.35. The molecule has 2 heterocycles. The average molecular weight is 458 g/mol. The van der Waals surface area contributed by atoms with Crippen molar-refractivity contribution in [3.8, 4) is 0 Å². The van der Waals surface area contributed by atoms with Crippen LogP contribution in [0.1, 0.15) is 6.92 Å². The maximum absolute atomic E-state index is 12.8. The number of aliphatic hydroxyl groups is 1. The molecule has 3 rings (SSSR count). The second-order valence-electron chi connectivity index (χ2n) is 6.91. The summed E-state index contributed by atoms with van der Waals surface area (Å²) >= 11 is 6.90. The van der Waals surface area contributed by atoms with Gasteiger partial charge in [-0.1, -0.05) is 29.8 Å². The molecule has 1 aliphatic heterocycles. The van der Waals surface area contributed by atoms with Crippen LogP contribution in [0, 0.1) is 0 Å². The number of benzene rings is 1. The summed E-state index contributed by atoms with van der Waals surface area (Å²) in [5.74, 6) is -0.0919. The molecule has 29 heavy (non-hydrogen) atoms. The standard InChI is InChI=1S/C19H24ClN3O4S2/c1-15(24)13-22(16-5-3-2-4-6-16)14-18(25)21-9-11-23(12-10-21)29(26,27)19-8-7-17(20)28-19/h2-8,15,24H,9-14H2,1H3. The van der Waals surface area contributed by atoms with Crippen LogP contribution in [0.3, 0.4) is 0 Å². The van der Waals surface area contributed by atoms with Crippen LogP contribution < -0.4 is 4.90 Å². The van der Waals surface area contributed by atoms with E-state index in [1.54, 1.807) is 17.9 Å². The lowest BCUT2D eigenvalue weighted by Crippen LogP contribution is -2.52. The normalized spacial score (nSPS) is 16.6. The van der Waals surface area contributed by atoms with Crippen molar-refractivity contribution in [1.82, 2.24) is 9.21 Å². The fourth-order valence-corrected chi connectivity index (χ4v) is 6.28. The Hall–Kier alpha value is -1.65. The highest BCUT2D eigenvalue weighted by Crippen LogP contribution is 2.28. The van der Waals surface area contributed by atoms with Crippen molar-refractivity contribution in [3.63, 3.8) is 0 Å². The summed E-state index contributed by atoms with van der Waals surface area (Å²) < 4.78 is 27.4. The second-order valence-corrected chi connectivity index (χ2v) is 10.8. The number of rotatable bonds is 7. The number of aliphatic hydroxyl groups excluding tert-OH is 1. The van der Waals surface area contributed by atoms with E-state index in [-0.39, 0.29) is 29.8 Å². The lowest BCUT2D eigenvalue weighted by molar-refractivity contribution is -0.130. The van der Waals surface area contributed by atoms with Crippen LogP contribution in [0.2, 0.25) is 4.34 Å². The molecule has 0 aliphatic carbocycles. The first kappa shape index (κ1) is 22.0. The van der Waals surface area contributed by atoms with Crippen molar-refractivity contribution in [1.29, 1.82) is 0 Å². The SMILES string of the molecule is CC(O)CN(CC(=O)N1CCN(S(=O)(=O)c2ccc(Cl)s2)CC1)c1ccccc1. The van der Waals surface area contributed by atoms with Crippen LogP contribution in [0.15, 0.2) is 46.7 Å². The molecule has 1 unspecified atom stereocenters. The highest BCUT2D eigenvalue weighted by molar-refractivity contribution is 7.91. The Morgan fingerprint density at radius 2 is 1.83 bits per heavy atom. The predicted molar refractivity (Wildman–Crippen MR) is 115 cm³/mol. The van der Waals surface area contributed by atoms with Gasteiger partial charge in [-0.2, -0.15) is 4.31 Å². The topological polar surface area (TPSA) is 81.2 Å². The van der Waals surface area contributed by atoms with Gasteiger partial charge in [-0.25, -0.2) is 8.42 Å². The molecule has 158 valence electrons. The molecule has 0 radical (unpaired) electrons. The summed E-state index contributed by atoms with van der Waals surface area (Å²) in [4.78, 5) is 16.3. The molecule has 0 spiro atoms. The molecule has 0 bridgehead atoms. The van der Waals surface area contributed by atoms with E-state index < -0.39 is 16.1 Å². The summed E-state index contributed by atoms with van der Waals surface area (Å²) in [7, 11) is -3.59. The molecule has 7 nitrogen and oxygen atoms in total. The second kappa shape index (κ2) is 9.44. The molecule has 10 heteroatoms. The van der Waals surface area contributed by atoms with E-state index >= 15 is 0 Å². The number of hydrogen-bond acceptors (Lipinski definition) is 6. The lowest BCUT2D eigenvalue weighted by atomic mass is 10.2. The quantitative estimate of drug-likeness (QED) is 0.688. The number of amides is 1. The molecular formula is C19H24ClN3O4S2. The molecule has 1 fully saturated rings. The molecular weight excluding hydrogens is 434 g/mol. The molecule has 1 aliphatic rings. The molecule has 2 aromatic rings. The fourth-order valence-electron chi connectivity index (χ4n) is 3.22. The number of nitrogens with zero attached hydrogens (tertiary/aromatic N) is 3. The number of para-hydroxylation sites is 1. The summed E-state index contributed by atoms with van der Waals surface area (Å²) in [5.41, 5.74) is 0.859. The van der Waals surface area contributed by atoms with Crippen LogP contribution >= 0.6 is 22.9 Å². The smallest absolute Gasteiger partial charge is 0.252 e. The van der Waals surface area contributed by atoms with Gasteiger partial charge in [0.2, 0.25) is 5.91 Å². The van der Waals surface area contributed by atoms with Crippen molar-refractivity contribution < 1.29 is 18.3 Å². The minimum absolute atomic E-state index is 0.0919. The minimum atomic E-state index is -3.59. The number of thiophene rings is 1. The van der Waals surface area contributed by atoms with Gasteiger partial charge >= 0.3 is 0 Å². The molecule has 1 saturated heterocycles. The first-order chi connectivity index (χ1) is 13.8. The van der Waals surface area contributed by atoms with Gasteiger partial charge in [0.15, 0.2) is 0 Å². The van der Waals surface area contributed by atoms with Crippen molar-refractivity contribution in [2.75, 3.05) is 44.2 Å². The summed E-state index contributed by atoms with van der Waals surface area (Å²) in [5, 5.41) is 9.79. The van der Waals surface area contributed by atoms with Gasteiger partial charge < -0.3 is 14.9 Å². The number of piperazine rings is 1. The molecule has 1 aromatic heterocycles. The molecule has 1 atom stereocenters. The first-order valence-corrected chi connectivity index (χ1v) is 11.9. The predicted octanol–water partition coefficient (Wildman–Crippen LogP) is 2.12. The van der Waals surface area contributed by atoms with Crippen LogP contribution in [-0.2, 0) is 14.8 Å². The number of halogens is 1. The maximum atomic E-state index is 12.8. The Bertz CT molecular complexity index is 926. The van der Waals surface area contributed by atoms with Crippen molar-refractivity contribution >= 4 is 44.6 Å². The van der Waals surface area contributed by atoms with Crippen LogP contribution in [-0.4, -0.2) is 74.0 Å². The van der Waals surface area contributed by atoms with Crippen LogP contribution in [0.5, 0.6) is 0 Å². The van der Waals surface area contributed by atoms with Crippen molar-refractivity contribution in [2.45, 2.75) is 17.2 Å². The maximum Gasteiger partial charge on any atom is 0.252 e. The summed E-state index contributed by atoms with van der Waals surface area (Å²) in [6.45, 7) is 3.28. The first-order valence-electron chi connectivity index (χ1n) is 9.28. The summed E-state index contributed by atoms with van der Waals surface area (Å²) in [6.07, 6.45) is -0.581. The van der Waals surface area contributed by atoms with E-state index in [0.717, 1.165) is 17.0 Å². The number of anilines is 1. The zero-order valence-corrected chi connectivity index (χ0v) is 18.5. The van der Waals surface area contributed by atoms with Gasteiger partial charge in [-0.05, 0) is 31.2 Å². The third-order valence-electron chi connectivity index (χ3n) is 4.67. The monoisotopic (exact) mass is 457 g/mol. The highest BCUT2D eigenvalue weighted by atomic mass is 35.5. The summed E-state index contributed by atoms with van der Waals surface area (Å²) in [6, 6.07) is 12.5. The van der Waals surface area contributed by atoms with Gasteiger partial charge in [0.1, 0.15) is 4.21 Å². The minimum Gasteiger partial charge on any atom is -0.392 e.